The number of hydrogen-bond donors (Lipinski definition) is 2. The summed E-state index contributed by atoms with van der Waals surface area (Å²) in [5, 5.41) is 8.85. The largest absolute Gasteiger partial charge is 0.477 e. The molecule has 1 amide bonds. The average Bonchev–Trinajstić information content (AvgIpc) is 2.10. The highest BCUT2D eigenvalue weighted by atomic mass is 35.5. The summed E-state index contributed by atoms with van der Waals surface area (Å²) in [7, 11) is 0. The number of rotatable bonds is 2. The Labute approximate surface area is 86.1 Å². The third-order valence-electron chi connectivity index (χ3n) is 1.98. The molecule has 78 valence electrons. The highest BCUT2D eigenvalue weighted by molar-refractivity contribution is 6.27. The van der Waals surface area contributed by atoms with Gasteiger partial charge in [-0.3, -0.25) is 9.69 Å². The SMILES string of the molecule is CC(C)=C(C(=O)O)N1C(=O)[C@H](N)C1Cl. The van der Waals surface area contributed by atoms with Crippen LogP contribution in [0.2, 0.25) is 0 Å². The van der Waals surface area contributed by atoms with Gasteiger partial charge in [0.1, 0.15) is 17.2 Å². The summed E-state index contributed by atoms with van der Waals surface area (Å²) in [6.07, 6.45) is 0. The maximum absolute atomic E-state index is 11.2. The molecule has 3 N–H and O–H groups in total. The second-order valence-electron chi connectivity index (χ2n) is 3.26. The van der Waals surface area contributed by atoms with Crippen LogP contribution < -0.4 is 5.73 Å². The molecule has 1 aliphatic rings. The van der Waals surface area contributed by atoms with Crippen molar-refractivity contribution in [3.05, 3.63) is 11.3 Å². The summed E-state index contributed by atoms with van der Waals surface area (Å²) in [6.45, 7) is 3.20. The molecule has 5 nitrogen and oxygen atoms in total. The Hall–Kier alpha value is -1.07. The smallest absolute Gasteiger partial charge is 0.352 e. The van der Waals surface area contributed by atoms with Gasteiger partial charge in [-0.25, -0.2) is 4.79 Å². The lowest BCUT2D eigenvalue weighted by atomic mass is 10.1. The summed E-state index contributed by atoms with van der Waals surface area (Å²) >= 11 is 5.73. The molecular formula is C8H11ClN2O3. The molecular weight excluding hydrogens is 208 g/mol. The zero-order chi connectivity index (χ0) is 11.0. The van der Waals surface area contributed by atoms with Crippen molar-refractivity contribution >= 4 is 23.5 Å². The minimum atomic E-state index is -1.17. The Kier molecular flexibility index (Phi) is 2.82. The van der Waals surface area contributed by atoms with E-state index in [-0.39, 0.29) is 5.70 Å². The first kappa shape index (κ1) is 11.0. The molecule has 6 heteroatoms. The van der Waals surface area contributed by atoms with Crippen LogP contribution in [0.25, 0.3) is 0 Å². The summed E-state index contributed by atoms with van der Waals surface area (Å²) in [4.78, 5) is 23.1. The normalized spacial score (nSPS) is 25.7. The first-order chi connectivity index (χ1) is 6.37. The van der Waals surface area contributed by atoms with Crippen LogP contribution in [0.4, 0.5) is 0 Å². The molecule has 1 unspecified atom stereocenters. The maximum Gasteiger partial charge on any atom is 0.352 e. The number of nitrogens with two attached hydrogens (primary N) is 1. The maximum atomic E-state index is 11.2. The molecule has 0 aromatic rings. The molecule has 0 radical (unpaired) electrons. The second kappa shape index (κ2) is 3.59. The van der Waals surface area contributed by atoms with Gasteiger partial charge in [0.2, 0.25) is 5.91 Å². The van der Waals surface area contributed by atoms with E-state index < -0.39 is 23.4 Å². The van der Waals surface area contributed by atoms with Crippen LogP contribution in [0.1, 0.15) is 13.8 Å². The monoisotopic (exact) mass is 218 g/mol. The number of carbonyl (C=O) groups excluding carboxylic acids is 1. The lowest BCUT2D eigenvalue weighted by Crippen LogP contribution is -2.66. The minimum Gasteiger partial charge on any atom is -0.477 e. The predicted octanol–water partition coefficient (Wildman–Crippen LogP) is 0.0993. The van der Waals surface area contributed by atoms with Crippen molar-refractivity contribution in [2.75, 3.05) is 0 Å². The van der Waals surface area contributed by atoms with Crippen molar-refractivity contribution in [2.45, 2.75) is 25.4 Å². The van der Waals surface area contributed by atoms with E-state index in [0.717, 1.165) is 4.90 Å². The fourth-order valence-electron chi connectivity index (χ4n) is 1.27. The van der Waals surface area contributed by atoms with E-state index in [2.05, 4.69) is 0 Å². The first-order valence-corrected chi connectivity index (χ1v) is 4.45. The van der Waals surface area contributed by atoms with E-state index in [1.165, 1.54) is 0 Å². The Morgan fingerprint density at radius 2 is 2.07 bits per heavy atom. The van der Waals surface area contributed by atoms with Crippen molar-refractivity contribution in [2.24, 2.45) is 5.73 Å². The molecule has 1 fully saturated rings. The molecule has 0 saturated carbocycles. The van der Waals surface area contributed by atoms with E-state index in [4.69, 9.17) is 22.4 Å². The fraction of sp³-hybridized carbons (Fsp3) is 0.500. The van der Waals surface area contributed by atoms with E-state index in [9.17, 15) is 9.59 Å². The van der Waals surface area contributed by atoms with Crippen molar-refractivity contribution in [1.29, 1.82) is 0 Å². The average molecular weight is 219 g/mol. The molecule has 1 saturated heterocycles. The van der Waals surface area contributed by atoms with Crippen molar-refractivity contribution < 1.29 is 14.7 Å². The van der Waals surface area contributed by atoms with Gasteiger partial charge in [0.05, 0.1) is 0 Å². The Morgan fingerprint density at radius 3 is 2.36 bits per heavy atom. The van der Waals surface area contributed by atoms with Crippen LogP contribution in [0.5, 0.6) is 0 Å². The fourth-order valence-corrected chi connectivity index (χ4v) is 1.57. The molecule has 1 aliphatic heterocycles. The summed E-state index contributed by atoms with van der Waals surface area (Å²) < 4.78 is 0. The number of aliphatic carboxylic acids is 1. The lowest BCUT2D eigenvalue weighted by molar-refractivity contribution is -0.148. The molecule has 2 atom stereocenters. The number of carboxylic acid groups (broad SMARTS) is 1. The van der Waals surface area contributed by atoms with Crippen molar-refractivity contribution in [3.8, 4) is 0 Å². The van der Waals surface area contributed by atoms with Gasteiger partial charge < -0.3 is 10.8 Å². The summed E-state index contributed by atoms with van der Waals surface area (Å²) in [5.41, 5.74) is 5.03. The Balaban J connectivity index is 3.00. The molecule has 0 aliphatic carbocycles. The number of carboxylic acids is 1. The third-order valence-corrected chi connectivity index (χ3v) is 2.45. The van der Waals surface area contributed by atoms with Crippen LogP contribution in [-0.2, 0) is 9.59 Å². The molecule has 0 bridgehead atoms. The second-order valence-corrected chi connectivity index (χ2v) is 3.71. The lowest BCUT2D eigenvalue weighted by Gasteiger charge is -2.41. The van der Waals surface area contributed by atoms with E-state index in [1.807, 2.05) is 0 Å². The number of amides is 1. The molecule has 0 aromatic carbocycles. The van der Waals surface area contributed by atoms with Gasteiger partial charge in [-0.15, -0.1) is 0 Å². The molecule has 0 spiro atoms. The predicted molar refractivity (Wildman–Crippen MR) is 50.5 cm³/mol. The van der Waals surface area contributed by atoms with Gasteiger partial charge in [-0.1, -0.05) is 11.6 Å². The van der Waals surface area contributed by atoms with E-state index in [0.29, 0.717) is 5.57 Å². The topological polar surface area (TPSA) is 83.6 Å². The number of allylic oxidation sites excluding steroid dienone is 1. The van der Waals surface area contributed by atoms with Crippen molar-refractivity contribution in [3.63, 3.8) is 0 Å². The summed E-state index contributed by atoms with van der Waals surface area (Å²) in [5.74, 6) is -1.63. The van der Waals surface area contributed by atoms with Gasteiger partial charge in [0.15, 0.2) is 0 Å². The molecule has 14 heavy (non-hydrogen) atoms. The number of β-lactam (4-membered cyclic amide) rings is 1. The number of carbonyl (C=O) groups is 2. The number of nitrogens with zero attached hydrogens (tertiary/aromatic N) is 1. The Bertz CT molecular complexity index is 323. The van der Waals surface area contributed by atoms with Crippen LogP contribution in [0.3, 0.4) is 0 Å². The Morgan fingerprint density at radius 1 is 1.57 bits per heavy atom. The highest BCUT2D eigenvalue weighted by Crippen LogP contribution is 2.28. The van der Waals surface area contributed by atoms with Gasteiger partial charge in [-0.2, -0.15) is 0 Å². The van der Waals surface area contributed by atoms with Gasteiger partial charge in [0.25, 0.3) is 0 Å². The van der Waals surface area contributed by atoms with Crippen LogP contribution >= 0.6 is 11.6 Å². The number of alkyl halides is 1. The number of likely N-dealkylation sites (tertiary alicyclic amines) is 1. The standard InChI is InChI=1S/C8H11ClN2O3/c1-3(2)5(8(13)14)11-6(9)4(10)7(11)12/h4,6H,10H2,1-2H3,(H,13,14)/t4-,6?/m1/s1. The van der Waals surface area contributed by atoms with Crippen molar-refractivity contribution in [1.82, 2.24) is 4.90 Å². The van der Waals surface area contributed by atoms with Gasteiger partial charge in [0, 0.05) is 0 Å². The van der Waals surface area contributed by atoms with Crippen LogP contribution in [0.15, 0.2) is 11.3 Å². The van der Waals surface area contributed by atoms with E-state index in [1.54, 1.807) is 13.8 Å². The molecule has 1 heterocycles. The first-order valence-electron chi connectivity index (χ1n) is 4.01. The van der Waals surface area contributed by atoms with E-state index >= 15 is 0 Å². The number of hydrogen-bond acceptors (Lipinski definition) is 3. The molecule has 1 rings (SSSR count). The van der Waals surface area contributed by atoms with Gasteiger partial charge >= 0.3 is 5.97 Å². The van der Waals surface area contributed by atoms with Gasteiger partial charge in [-0.05, 0) is 19.4 Å². The van der Waals surface area contributed by atoms with Crippen LogP contribution in [0, 0.1) is 0 Å². The molecule has 0 aromatic heterocycles. The quantitative estimate of drug-likeness (QED) is 0.298. The highest BCUT2D eigenvalue weighted by Gasteiger charge is 2.47. The van der Waals surface area contributed by atoms with Crippen LogP contribution in [-0.4, -0.2) is 33.4 Å². The zero-order valence-electron chi connectivity index (χ0n) is 7.82. The number of halogens is 1. The third kappa shape index (κ3) is 1.49. The zero-order valence-corrected chi connectivity index (χ0v) is 8.58. The summed E-state index contributed by atoms with van der Waals surface area (Å²) in [6, 6.07) is -0.801. The minimum absolute atomic E-state index is 0.0864.